The van der Waals surface area contributed by atoms with E-state index in [9.17, 15) is 5.11 Å². The number of hydrogen-bond acceptors (Lipinski definition) is 1. The zero-order chi connectivity index (χ0) is 8.22. The number of fused-ring (bicyclic) bond motifs is 1. The molecule has 0 radical (unpaired) electrons. The minimum absolute atomic E-state index is 0.00356. The second kappa shape index (κ2) is 2.01. The van der Waals surface area contributed by atoms with Crippen LogP contribution in [-0.4, -0.2) is 11.2 Å². The summed E-state index contributed by atoms with van der Waals surface area (Å²) in [5, 5.41) is 9.61. The van der Waals surface area contributed by atoms with Gasteiger partial charge in [0.1, 0.15) is 0 Å². The molecule has 11 heavy (non-hydrogen) atoms. The second-order valence-corrected chi connectivity index (χ2v) is 4.83. The molecule has 0 heterocycles. The van der Waals surface area contributed by atoms with Crippen LogP contribution >= 0.6 is 0 Å². The molecule has 2 aliphatic carbocycles. The summed E-state index contributed by atoms with van der Waals surface area (Å²) in [7, 11) is 0. The largest absolute Gasteiger partial charge is 0.393 e. The molecule has 0 amide bonds. The van der Waals surface area contributed by atoms with Crippen molar-refractivity contribution in [3.63, 3.8) is 0 Å². The third kappa shape index (κ3) is 0.807. The van der Waals surface area contributed by atoms with Crippen LogP contribution in [0.3, 0.4) is 0 Å². The molecule has 1 N–H and O–H groups in total. The Morgan fingerprint density at radius 1 is 1.36 bits per heavy atom. The lowest BCUT2D eigenvalue weighted by Gasteiger charge is -2.17. The molecule has 4 atom stereocenters. The molecule has 0 aromatic carbocycles. The molecular weight excluding hydrogens is 136 g/mol. The lowest BCUT2D eigenvalue weighted by atomic mass is 9.89. The summed E-state index contributed by atoms with van der Waals surface area (Å²) in [6.45, 7) is 6.79. The first-order chi connectivity index (χ1) is 5.08. The van der Waals surface area contributed by atoms with Crippen molar-refractivity contribution in [1.29, 1.82) is 0 Å². The molecule has 2 unspecified atom stereocenters. The van der Waals surface area contributed by atoms with E-state index in [1.807, 2.05) is 0 Å². The van der Waals surface area contributed by atoms with Crippen LogP contribution in [0, 0.1) is 23.2 Å². The number of hydrogen-bond donors (Lipinski definition) is 1. The molecule has 1 heteroatoms. The Kier molecular flexibility index (Phi) is 1.39. The normalized spacial score (nSPS) is 54.8. The molecular formula is C10H18O. The smallest absolute Gasteiger partial charge is 0.0574 e. The van der Waals surface area contributed by atoms with Gasteiger partial charge in [0, 0.05) is 0 Å². The zero-order valence-electron chi connectivity index (χ0n) is 7.67. The summed E-state index contributed by atoms with van der Waals surface area (Å²) in [5.41, 5.74) is 0.554. The van der Waals surface area contributed by atoms with Crippen LogP contribution in [-0.2, 0) is 0 Å². The lowest BCUT2D eigenvalue weighted by molar-refractivity contribution is 0.113. The summed E-state index contributed by atoms with van der Waals surface area (Å²) in [6, 6.07) is 0. The molecule has 2 rings (SSSR count). The number of rotatable bonds is 1. The molecule has 2 aliphatic rings. The van der Waals surface area contributed by atoms with Crippen molar-refractivity contribution in [2.45, 2.75) is 39.7 Å². The molecule has 0 bridgehead atoms. The molecule has 0 aromatic heterocycles. The third-order valence-corrected chi connectivity index (χ3v) is 4.16. The van der Waals surface area contributed by atoms with Gasteiger partial charge in [-0.15, -0.1) is 0 Å². The van der Waals surface area contributed by atoms with Gasteiger partial charge >= 0.3 is 0 Å². The molecule has 0 aliphatic heterocycles. The zero-order valence-corrected chi connectivity index (χ0v) is 7.67. The predicted octanol–water partition coefficient (Wildman–Crippen LogP) is 2.05. The highest BCUT2D eigenvalue weighted by Gasteiger charge is 2.64. The molecule has 0 aromatic rings. The minimum atomic E-state index is -0.00356. The Balaban J connectivity index is 2.13. The van der Waals surface area contributed by atoms with Crippen LogP contribution in [0.4, 0.5) is 0 Å². The maximum Gasteiger partial charge on any atom is 0.0574 e. The molecule has 0 saturated heterocycles. The van der Waals surface area contributed by atoms with Crippen LogP contribution in [0.5, 0.6) is 0 Å². The highest BCUT2D eigenvalue weighted by Crippen LogP contribution is 2.69. The topological polar surface area (TPSA) is 20.2 Å². The van der Waals surface area contributed by atoms with Crippen LogP contribution in [0.1, 0.15) is 33.6 Å². The minimum Gasteiger partial charge on any atom is -0.393 e. The summed E-state index contributed by atoms with van der Waals surface area (Å²) in [6.07, 6.45) is 2.44. The highest BCUT2D eigenvalue weighted by atomic mass is 16.3. The van der Waals surface area contributed by atoms with E-state index in [2.05, 4.69) is 20.8 Å². The standard InChI is InChI=1S/C10H18O/c1-6(2)10-4-8(10)7(3)9(11)5-10/h6-9,11H,4-5H2,1-3H3/t7?,8-,9?,10-/m1/s1. The van der Waals surface area contributed by atoms with Crippen LogP contribution in [0.15, 0.2) is 0 Å². The van der Waals surface area contributed by atoms with Gasteiger partial charge in [-0.05, 0) is 36.0 Å². The Hall–Kier alpha value is -0.0400. The van der Waals surface area contributed by atoms with Gasteiger partial charge < -0.3 is 5.11 Å². The molecule has 2 saturated carbocycles. The van der Waals surface area contributed by atoms with Crippen molar-refractivity contribution in [1.82, 2.24) is 0 Å². The van der Waals surface area contributed by atoms with Crippen LogP contribution in [0.25, 0.3) is 0 Å². The first-order valence-electron chi connectivity index (χ1n) is 4.76. The van der Waals surface area contributed by atoms with E-state index in [1.54, 1.807) is 0 Å². The summed E-state index contributed by atoms with van der Waals surface area (Å²) >= 11 is 0. The summed E-state index contributed by atoms with van der Waals surface area (Å²) in [5.74, 6) is 2.18. The van der Waals surface area contributed by atoms with Crippen LogP contribution < -0.4 is 0 Å². The fourth-order valence-corrected chi connectivity index (χ4v) is 3.04. The first-order valence-corrected chi connectivity index (χ1v) is 4.76. The molecule has 2 fully saturated rings. The van der Waals surface area contributed by atoms with Gasteiger partial charge in [-0.1, -0.05) is 20.8 Å². The maximum atomic E-state index is 9.61. The van der Waals surface area contributed by atoms with Gasteiger partial charge in [-0.3, -0.25) is 0 Å². The van der Waals surface area contributed by atoms with E-state index in [4.69, 9.17) is 0 Å². The second-order valence-electron chi connectivity index (χ2n) is 4.83. The number of aliphatic hydroxyl groups excluding tert-OH is 1. The quantitative estimate of drug-likeness (QED) is 0.613. The van der Waals surface area contributed by atoms with E-state index in [0.717, 1.165) is 18.3 Å². The van der Waals surface area contributed by atoms with E-state index >= 15 is 0 Å². The Labute approximate surface area is 68.8 Å². The Morgan fingerprint density at radius 3 is 2.27 bits per heavy atom. The van der Waals surface area contributed by atoms with Gasteiger partial charge in [0.05, 0.1) is 6.10 Å². The number of aliphatic hydroxyl groups is 1. The lowest BCUT2D eigenvalue weighted by Crippen LogP contribution is -2.15. The van der Waals surface area contributed by atoms with Gasteiger partial charge in [-0.25, -0.2) is 0 Å². The monoisotopic (exact) mass is 154 g/mol. The average Bonchev–Trinajstić information content (AvgIpc) is 2.57. The fourth-order valence-electron chi connectivity index (χ4n) is 3.04. The fraction of sp³-hybridized carbons (Fsp3) is 1.00. The van der Waals surface area contributed by atoms with E-state index in [0.29, 0.717) is 11.3 Å². The van der Waals surface area contributed by atoms with Crippen molar-refractivity contribution in [3.8, 4) is 0 Å². The maximum absolute atomic E-state index is 9.61. The SMILES string of the molecule is CC1C(O)C[C@@]2(C(C)C)C[C@H]12. The van der Waals surface area contributed by atoms with Crippen molar-refractivity contribution in [3.05, 3.63) is 0 Å². The third-order valence-electron chi connectivity index (χ3n) is 4.16. The van der Waals surface area contributed by atoms with Crippen molar-refractivity contribution >= 4 is 0 Å². The average molecular weight is 154 g/mol. The van der Waals surface area contributed by atoms with Gasteiger partial charge in [-0.2, -0.15) is 0 Å². The molecule has 64 valence electrons. The van der Waals surface area contributed by atoms with Gasteiger partial charge in [0.15, 0.2) is 0 Å². The predicted molar refractivity (Wildman–Crippen MR) is 45.2 cm³/mol. The molecule has 0 spiro atoms. The van der Waals surface area contributed by atoms with E-state index in [-0.39, 0.29) is 6.10 Å². The Morgan fingerprint density at radius 2 is 2.00 bits per heavy atom. The van der Waals surface area contributed by atoms with E-state index in [1.165, 1.54) is 6.42 Å². The van der Waals surface area contributed by atoms with Gasteiger partial charge in [0.2, 0.25) is 0 Å². The first kappa shape index (κ1) is 7.60. The summed E-state index contributed by atoms with van der Waals surface area (Å²) in [4.78, 5) is 0. The van der Waals surface area contributed by atoms with Gasteiger partial charge in [0.25, 0.3) is 0 Å². The van der Waals surface area contributed by atoms with Crippen molar-refractivity contribution in [2.24, 2.45) is 23.2 Å². The summed E-state index contributed by atoms with van der Waals surface area (Å²) < 4.78 is 0. The van der Waals surface area contributed by atoms with E-state index < -0.39 is 0 Å². The van der Waals surface area contributed by atoms with Crippen molar-refractivity contribution in [2.75, 3.05) is 0 Å². The van der Waals surface area contributed by atoms with Crippen molar-refractivity contribution < 1.29 is 5.11 Å². The molecule has 1 nitrogen and oxygen atoms in total. The Bertz CT molecular complexity index is 176. The van der Waals surface area contributed by atoms with Crippen LogP contribution in [0.2, 0.25) is 0 Å². The highest BCUT2D eigenvalue weighted by molar-refractivity contribution is 5.13.